The fraction of sp³-hybridized carbons (Fsp3) is 1.00. The Morgan fingerprint density at radius 1 is 0.650 bits per heavy atom. The standard InChI is InChI=1S/C18H30BN/c19-13-10-11-16-15-8-4-5-9-17(15)20(18(16)12-13)14-6-2-1-3-7-14/h13-18H,1-12H2. The lowest BCUT2D eigenvalue weighted by molar-refractivity contribution is 0.0654. The van der Waals surface area contributed by atoms with Gasteiger partial charge in [0.15, 0.2) is 0 Å². The van der Waals surface area contributed by atoms with Crippen LogP contribution in [-0.4, -0.2) is 30.9 Å². The highest BCUT2D eigenvalue weighted by atomic mass is 15.3. The van der Waals surface area contributed by atoms with Gasteiger partial charge in [-0.15, -0.1) is 0 Å². The molecule has 20 heavy (non-hydrogen) atoms. The second-order valence-electron chi connectivity index (χ2n) is 8.06. The predicted molar refractivity (Wildman–Crippen MR) is 85.1 cm³/mol. The van der Waals surface area contributed by atoms with E-state index in [1.165, 1.54) is 77.0 Å². The number of likely N-dealkylation sites (tertiary alicyclic amines) is 1. The maximum Gasteiger partial charge on any atom is 0.0700 e. The van der Waals surface area contributed by atoms with Crippen LogP contribution in [-0.2, 0) is 0 Å². The maximum atomic E-state index is 6.35. The minimum atomic E-state index is 0.488. The molecule has 0 aromatic rings. The minimum Gasteiger partial charge on any atom is -0.294 e. The highest BCUT2D eigenvalue weighted by molar-refractivity contribution is 6.11. The van der Waals surface area contributed by atoms with Crippen molar-refractivity contribution in [2.75, 3.05) is 0 Å². The fourth-order valence-corrected chi connectivity index (χ4v) is 6.22. The second kappa shape index (κ2) is 5.67. The number of hydrogen-bond acceptors (Lipinski definition) is 1. The van der Waals surface area contributed by atoms with Crippen LogP contribution in [0.3, 0.4) is 0 Å². The van der Waals surface area contributed by atoms with Gasteiger partial charge in [0.05, 0.1) is 7.85 Å². The van der Waals surface area contributed by atoms with E-state index >= 15 is 0 Å². The van der Waals surface area contributed by atoms with Gasteiger partial charge >= 0.3 is 0 Å². The van der Waals surface area contributed by atoms with Crippen LogP contribution < -0.4 is 0 Å². The quantitative estimate of drug-likeness (QED) is 0.642. The molecule has 5 atom stereocenters. The normalized spacial score (nSPS) is 46.9. The second-order valence-corrected chi connectivity index (χ2v) is 8.06. The van der Waals surface area contributed by atoms with Gasteiger partial charge in [0, 0.05) is 18.1 Å². The largest absolute Gasteiger partial charge is 0.294 e. The molecule has 4 rings (SSSR count). The smallest absolute Gasteiger partial charge is 0.0700 e. The van der Waals surface area contributed by atoms with Crippen LogP contribution in [0, 0.1) is 11.8 Å². The molecular formula is C18H30BN. The van der Waals surface area contributed by atoms with Crippen LogP contribution in [0.4, 0.5) is 0 Å². The average Bonchev–Trinajstić information content (AvgIpc) is 2.81. The summed E-state index contributed by atoms with van der Waals surface area (Å²) in [6, 6.07) is 2.71. The van der Waals surface area contributed by atoms with E-state index < -0.39 is 0 Å². The van der Waals surface area contributed by atoms with Crippen molar-refractivity contribution < 1.29 is 0 Å². The van der Waals surface area contributed by atoms with Crippen LogP contribution in [0.5, 0.6) is 0 Å². The fourth-order valence-electron chi connectivity index (χ4n) is 6.22. The Labute approximate surface area is 126 Å². The van der Waals surface area contributed by atoms with Crippen molar-refractivity contribution in [2.24, 2.45) is 11.8 Å². The molecule has 0 amide bonds. The zero-order chi connectivity index (χ0) is 13.5. The zero-order valence-electron chi connectivity index (χ0n) is 13.0. The van der Waals surface area contributed by atoms with Crippen LogP contribution in [0.15, 0.2) is 0 Å². The Bertz CT molecular complexity index is 338. The topological polar surface area (TPSA) is 3.24 Å². The Balaban J connectivity index is 1.59. The average molecular weight is 271 g/mol. The Morgan fingerprint density at radius 3 is 2.20 bits per heavy atom. The van der Waals surface area contributed by atoms with Crippen molar-refractivity contribution in [3.63, 3.8) is 0 Å². The molecule has 1 aliphatic heterocycles. The summed E-state index contributed by atoms with van der Waals surface area (Å²) in [5.74, 6) is 2.52. The monoisotopic (exact) mass is 271 g/mol. The van der Waals surface area contributed by atoms with E-state index in [4.69, 9.17) is 7.85 Å². The summed E-state index contributed by atoms with van der Waals surface area (Å²) < 4.78 is 0. The third-order valence-electron chi connectivity index (χ3n) is 7.00. The molecule has 5 unspecified atom stereocenters. The van der Waals surface area contributed by atoms with Gasteiger partial charge in [0.1, 0.15) is 0 Å². The van der Waals surface area contributed by atoms with E-state index in [0.29, 0.717) is 5.82 Å². The summed E-state index contributed by atoms with van der Waals surface area (Å²) in [4.78, 5) is 3.05. The molecule has 2 radical (unpaired) electrons. The lowest BCUT2D eigenvalue weighted by atomic mass is 9.66. The first-order valence-corrected chi connectivity index (χ1v) is 9.37. The molecule has 2 heteroatoms. The SMILES string of the molecule is [B]C1CCC2C3CCCCC3N(C3CCCCC3)C2C1. The molecule has 1 nitrogen and oxygen atoms in total. The van der Waals surface area contributed by atoms with Gasteiger partial charge in [-0.1, -0.05) is 44.3 Å². The molecule has 0 N–H and O–H groups in total. The molecule has 0 aromatic carbocycles. The van der Waals surface area contributed by atoms with Crippen molar-refractivity contribution >= 4 is 7.85 Å². The van der Waals surface area contributed by atoms with E-state index in [1.807, 2.05) is 0 Å². The van der Waals surface area contributed by atoms with E-state index in [1.54, 1.807) is 0 Å². The van der Waals surface area contributed by atoms with Crippen molar-refractivity contribution in [3.8, 4) is 0 Å². The van der Waals surface area contributed by atoms with Crippen molar-refractivity contribution in [3.05, 3.63) is 0 Å². The highest BCUT2D eigenvalue weighted by Gasteiger charge is 2.52. The molecule has 3 aliphatic carbocycles. The summed E-state index contributed by atoms with van der Waals surface area (Å²) in [6.07, 6.45) is 17.4. The van der Waals surface area contributed by atoms with E-state index in [9.17, 15) is 0 Å². The number of hydrogen-bond donors (Lipinski definition) is 0. The summed E-state index contributed by atoms with van der Waals surface area (Å²) in [7, 11) is 6.35. The molecule has 1 heterocycles. The summed E-state index contributed by atoms with van der Waals surface area (Å²) in [6.45, 7) is 0. The van der Waals surface area contributed by atoms with Gasteiger partial charge in [-0.05, 0) is 50.4 Å². The number of fused-ring (bicyclic) bond motifs is 3. The molecular weight excluding hydrogens is 241 g/mol. The van der Waals surface area contributed by atoms with Crippen molar-refractivity contribution in [2.45, 2.75) is 101 Å². The Hall–Kier alpha value is 0.0249. The molecule has 0 spiro atoms. The van der Waals surface area contributed by atoms with Crippen LogP contribution in [0.2, 0.25) is 5.82 Å². The first-order valence-electron chi connectivity index (χ1n) is 9.37. The summed E-state index contributed by atoms with van der Waals surface area (Å²) >= 11 is 0. The predicted octanol–water partition coefficient (Wildman–Crippen LogP) is 4.32. The molecule has 0 bridgehead atoms. The van der Waals surface area contributed by atoms with E-state index in [2.05, 4.69) is 4.90 Å². The molecule has 3 saturated carbocycles. The van der Waals surface area contributed by atoms with Gasteiger partial charge in [0.25, 0.3) is 0 Å². The van der Waals surface area contributed by atoms with Crippen molar-refractivity contribution in [1.29, 1.82) is 0 Å². The Morgan fingerprint density at radius 2 is 1.35 bits per heavy atom. The third-order valence-corrected chi connectivity index (χ3v) is 7.00. The number of nitrogens with zero attached hydrogens (tertiary/aromatic N) is 1. The van der Waals surface area contributed by atoms with Gasteiger partial charge in [-0.3, -0.25) is 4.90 Å². The van der Waals surface area contributed by atoms with Gasteiger partial charge in [-0.2, -0.15) is 0 Å². The van der Waals surface area contributed by atoms with E-state index in [-0.39, 0.29) is 0 Å². The molecule has 0 aromatic heterocycles. The molecule has 4 aliphatic rings. The molecule has 1 saturated heterocycles. The summed E-state index contributed by atoms with van der Waals surface area (Å²) in [5, 5.41) is 0. The minimum absolute atomic E-state index is 0.488. The summed E-state index contributed by atoms with van der Waals surface area (Å²) in [5.41, 5.74) is 0. The zero-order valence-corrected chi connectivity index (χ0v) is 13.0. The van der Waals surface area contributed by atoms with E-state index in [0.717, 1.165) is 30.0 Å². The van der Waals surface area contributed by atoms with Crippen LogP contribution in [0.25, 0.3) is 0 Å². The molecule has 4 fully saturated rings. The number of rotatable bonds is 1. The van der Waals surface area contributed by atoms with Gasteiger partial charge in [-0.25, -0.2) is 0 Å². The molecule has 110 valence electrons. The third kappa shape index (κ3) is 2.27. The highest BCUT2D eigenvalue weighted by Crippen LogP contribution is 2.52. The first-order chi connectivity index (χ1) is 9.84. The Kier molecular flexibility index (Phi) is 3.87. The first kappa shape index (κ1) is 13.7. The van der Waals surface area contributed by atoms with Crippen LogP contribution >= 0.6 is 0 Å². The van der Waals surface area contributed by atoms with Crippen LogP contribution in [0.1, 0.15) is 77.0 Å². The lowest BCUT2D eigenvalue weighted by Gasteiger charge is -2.43. The maximum absolute atomic E-state index is 6.35. The van der Waals surface area contributed by atoms with Gasteiger partial charge < -0.3 is 0 Å². The van der Waals surface area contributed by atoms with Gasteiger partial charge in [0.2, 0.25) is 0 Å². The lowest BCUT2D eigenvalue weighted by Crippen LogP contribution is -2.47. The van der Waals surface area contributed by atoms with Crippen molar-refractivity contribution in [1.82, 2.24) is 4.90 Å².